The van der Waals surface area contributed by atoms with E-state index in [-0.39, 0.29) is 17.9 Å². The number of aromatic nitrogens is 2. The van der Waals surface area contributed by atoms with Crippen molar-refractivity contribution in [2.45, 2.75) is 31.1 Å². The number of hydrogen-bond donors (Lipinski definition) is 2. The van der Waals surface area contributed by atoms with Crippen LogP contribution in [0.5, 0.6) is 0 Å². The number of amides is 1. The van der Waals surface area contributed by atoms with Gasteiger partial charge in [-0.15, -0.1) is 0 Å². The maximum Gasteiger partial charge on any atom is 0.410 e. The number of halogens is 3. The van der Waals surface area contributed by atoms with E-state index in [1.807, 2.05) is 6.07 Å². The van der Waals surface area contributed by atoms with E-state index in [4.69, 9.17) is 4.74 Å². The van der Waals surface area contributed by atoms with Gasteiger partial charge in [0.1, 0.15) is 5.82 Å². The molecule has 1 aromatic carbocycles. The molecule has 0 radical (unpaired) electrons. The number of morpholine rings is 1. The Kier molecular flexibility index (Phi) is 6.47. The van der Waals surface area contributed by atoms with Crippen molar-refractivity contribution in [3.8, 4) is 0 Å². The van der Waals surface area contributed by atoms with Crippen molar-refractivity contribution in [2.24, 2.45) is 0 Å². The Morgan fingerprint density at radius 3 is 2.68 bits per heavy atom. The van der Waals surface area contributed by atoms with Gasteiger partial charge in [-0.1, -0.05) is 30.3 Å². The maximum absolute atomic E-state index is 13.7. The first kappa shape index (κ1) is 21.6. The summed E-state index contributed by atoms with van der Waals surface area (Å²) in [6.45, 7) is 4.43. The minimum atomic E-state index is -4.47. The first-order valence-corrected chi connectivity index (χ1v) is 10.5. The van der Waals surface area contributed by atoms with Gasteiger partial charge < -0.3 is 15.4 Å². The van der Waals surface area contributed by atoms with Crippen LogP contribution in [0.3, 0.4) is 0 Å². The summed E-state index contributed by atoms with van der Waals surface area (Å²) in [5.74, 6) is -0.274. The molecule has 7 nitrogen and oxygen atoms in total. The molecule has 2 N–H and O–H groups in total. The predicted octanol–water partition coefficient (Wildman–Crippen LogP) is 3.00. The molecule has 1 saturated heterocycles. The van der Waals surface area contributed by atoms with Crippen LogP contribution in [0, 0.1) is 0 Å². The van der Waals surface area contributed by atoms with Crippen molar-refractivity contribution in [3.05, 3.63) is 47.7 Å². The zero-order valence-electron chi connectivity index (χ0n) is 17.1. The molecule has 168 valence electrons. The SMILES string of the molecule is O=C(NCCCN1CCOCC1)c1cc2n(n1)[C@H](C(F)(F)F)C[C@@H](c1ccccc1)N2. The lowest BCUT2D eigenvalue weighted by Gasteiger charge is -2.33. The zero-order valence-corrected chi connectivity index (χ0v) is 17.1. The number of benzene rings is 1. The summed E-state index contributed by atoms with van der Waals surface area (Å²) in [4.78, 5) is 14.7. The molecule has 10 heteroatoms. The molecule has 4 rings (SSSR count). The second-order valence-corrected chi connectivity index (χ2v) is 7.82. The number of carbonyl (C=O) groups is 1. The monoisotopic (exact) mass is 437 g/mol. The fourth-order valence-electron chi connectivity index (χ4n) is 4.01. The van der Waals surface area contributed by atoms with Gasteiger partial charge in [-0.25, -0.2) is 4.68 Å². The van der Waals surface area contributed by atoms with Crippen LogP contribution in [0.15, 0.2) is 36.4 Å². The van der Waals surface area contributed by atoms with Gasteiger partial charge in [0.05, 0.1) is 19.3 Å². The molecule has 0 aliphatic carbocycles. The lowest BCUT2D eigenvalue weighted by molar-refractivity contribution is -0.173. The van der Waals surface area contributed by atoms with Crippen LogP contribution >= 0.6 is 0 Å². The normalized spacial score (nSPS) is 21.9. The molecule has 31 heavy (non-hydrogen) atoms. The third-order valence-electron chi connectivity index (χ3n) is 5.66. The van der Waals surface area contributed by atoms with Crippen LogP contribution in [-0.4, -0.2) is 66.2 Å². The topological polar surface area (TPSA) is 71.4 Å². The first-order chi connectivity index (χ1) is 14.9. The van der Waals surface area contributed by atoms with Gasteiger partial charge in [0.2, 0.25) is 0 Å². The van der Waals surface area contributed by atoms with Crippen LogP contribution in [0.1, 0.15) is 41.0 Å². The molecule has 2 aromatic rings. The second-order valence-electron chi connectivity index (χ2n) is 7.82. The van der Waals surface area contributed by atoms with Gasteiger partial charge in [-0.05, 0) is 18.5 Å². The number of rotatable bonds is 6. The lowest BCUT2D eigenvalue weighted by Crippen LogP contribution is -2.38. The summed E-state index contributed by atoms with van der Waals surface area (Å²) < 4.78 is 47.4. The van der Waals surface area contributed by atoms with Crippen LogP contribution < -0.4 is 10.6 Å². The van der Waals surface area contributed by atoms with E-state index in [2.05, 4.69) is 20.6 Å². The zero-order chi connectivity index (χ0) is 21.8. The minimum absolute atomic E-state index is 0.0168. The van der Waals surface area contributed by atoms with Crippen LogP contribution in [0.2, 0.25) is 0 Å². The summed E-state index contributed by atoms with van der Waals surface area (Å²) in [5, 5.41) is 9.86. The number of carbonyl (C=O) groups excluding carboxylic acids is 1. The summed E-state index contributed by atoms with van der Waals surface area (Å²) >= 11 is 0. The molecule has 3 heterocycles. The van der Waals surface area contributed by atoms with Gasteiger partial charge in [0, 0.05) is 32.1 Å². The van der Waals surface area contributed by atoms with Crippen molar-refractivity contribution in [3.63, 3.8) is 0 Å². The fraction of sp³-hybridized carbons (Fsp3) is 0.524. The minimum Gasteiger partial charge on any atom is -0.379 e. The van der Waals surface area contributed by atoms with Gasteiger partial charge in [-0.3, -0.25) is 9.69 Å². The number of alkyl halides is 3. The van der Waals surface area contributed by atoms with E-state index in [0.29, 0.717) is 19.8 Å². The highest BCUT2D eigenvalue weighted by Gasteiger charge is 2.46. The number of hydrogen-bond acceptors (Lipinski definition) is 5. The van der Waals surface area contributed by atoms with Crippen molar-refractivity contribution < 1.29 is 22.7 Å². The smallest absolute Gasteiger partial charge is 0.379 e. The van der Waals surface area contributed by atoms with Crippen LogP contribution in [0.25, 0.3) is 0 Å². The highest BCUT2D eigenvalue weighted by atomic mass is 19.4. The Labute approximate surface area is 178 Å². The Morgan fingerprint density at radius 2 is 1.97 bits per heavy atom. The van der Waals surface area contributed by atoms with E-state index in [9.17, 15) is 18.0 Å². The Balaban J connectivity index is 1.41. The molecule has 1 aromatic heterocycles. The van der Waals surface area contributed by atoms with Crippen LogP contribution in [0.4, 0.5) is 19.0 Å². The summed E-state index contributed by atoms with van der Waals surface area (Å²) in [5.41, 5.74) is 0.746. The summed E-state index contributed by atoms with van der Waals surface area (Å²) in [6, 6.07) is 8.07. The Bertz CT molecular complexity index is 881. The Morgan fingerprint density at radius 1 is 1.23 bits per heavy atom. The van der Waals surface area contributed by atoms with Crippen molar-refractivity contribution in [2.75, 3.05) is 44.7 Å². The van der Waals surface area contributed by atoms with E-state index >= 15 is 0 Å². The molecule has 1 fully saturated rings. The first-order valence-electron chi connectivity index (χ1n) is 10.5. The predicted molar refractivity (Wildman–Crippen MR) is 109 cm³/mol. The summed E-state index contributed by atoms with van der Waals surface area (Å²) in [7, 11) is 0. The maximum atomic E-state index is 13.7. The third kappa shape index (κ3) is 5.19. The Hall–Kier alpha value is -2.59. The molecular weight excluding hydrogens is 411 g/mol. The number of nitrogens with zero attached hydrogens (tertiary/aromatic N) is 3. The molecule has 0 unspecified atom stereocenters. The standard InChI is InChI=1S/C21H26F3N5O2/c22-21(23,24)18-13-16(15-5-2-1-3-6-15)26-19-14-17(27-29(18)19)20(30)25-7-4-8-28-9-11-31-12-10-28/h1-3,5-6,14,16,18,26H,4,7-13H2,(H,25,30)/t16-,18-/m0/s1. The molecule has 2 aliphatic rings. The number of ether oxygens (including phenoxy) is 1. The third-order valence-corrected chi connectivity index (χ3v) is 5.66. The molecule has 0 saturated carbocycles. The van der Waals surface area contributed by atoms with E-state index in [0.717, 1.165) is 36.3 Å². The van der Waals surface area contributed by atoms with E-state index in [1.165, 1.54) is 6.07 Å². The fourth-order valence-corrected chi connectivity index (χ4v) is 4.01. The van der Waals surface area contributed by atoms with Crippen molar-refractivity contribution in [1.29, 1.82) is 0 Å². The molecular formula is C21H26F3N5O2. The largest absolute Gasteiger partial charge is 0.410 e. The molecule has 0 spiro atoms. The molecule has 2 aliphatic heterocycles. The van der Waals surface area contributed by atoms with Gasteiger partial charge in [0.15, 0.2) is 11.7 Å². The van der Waals surface area contributed by atoms with Gasteiger partial charge in [0.25, 0.3) is 5.91 Å². The average Bonchev–Trinajstić information content (AvgIpc) is 3.21. The number of nitrogens with one attached hydrogen (secondary N) is 2. The van der Waals surface area contributed by atoms with E-state index < -0.39 is 24.2 Å². The van der Waals surface area contributed by atoms with Gasteiger partial charge >= 0.3 is 6.18 Å². The number of anilines is 1. The van der Waals surface area contributed by atoms with Gasteiger partial charge in [-0.2, -0.15) is 18.3 Å². The highest BCUT2D eigenvalue weighted by Crippen LogP contribution is 2.43. The quantitative estimate of drug-likeness (QED) is 0.680. The summed E-state index contributed by atoms with van der Waals surface area (Å²) in [6.07, 6.45) is -3.91. The highest BCUT2D eigenvalue weighted by molar-refractivity contribution is 5.93. The molecule has 2 atom stereocenters. The second kappa shape index (κ2) is 9.27. The number of fused-ring (bicyclic) bond motifs is 1. The molecule has 0 bridgehead atoms. The van der Waals surface area contributed by atoms with E-state index in [1.54, 1.807) is 24.3 Å². The van der Waals surface area contributed by atoms with Crippen LogP contribution in [-0.2, 0) is 4.74 Å². The average molecular weight is 437 g/mol. The molecule has 1 amide bonds. The lowest BCUT2D eigenvalue weighted by atomic mass is 9.97. The van der Waals surface area contributed by atoms with Crippen molar-refractivity contribution >= 4 is 11.7 Å². The van der Waals surface area contributed by atoms with Crippen molar-refractivity contribution in [1.82, 2.24) is 20.0 Å².